The number of aliphatic hydroxyl groups excluding tert-OH is 1. The molecule has 1 aromatic heterocycles. The number of nitrogens with zero attached hydrogens (tertiary/aromatic N) is 1. The molecule has 0 unspecified atom stereocenters. The third kappa shape index (κ3) is 5.34. The Labute approximate surface area is 168 Å². The second-order valence-corrected chi connectivity index (χ2v) is 6.89. The molecule has 0 aliphatic heterocycles. The molecule has 7 heteroatoms. The number of rotatable bonds is 8. The SMILES string of the molecule is C[C@H](O)[C@@H](CCOc1cccc(-c2ccc(Cl)cc2)c1)NC(=O)c1cnc[nH]1. The first-order chi connectivity index (χ1) is 13.5. The second-order valence-electron chi connectivity index (χ2n) is 6.46. The van der Waals surface area contributed by atoms with Crippen LogP contribution in [0.3, 0.4) is 0 Å². The van der Waals surface area contributed by atoms with Gasteiger partial charge in [0.05, 0.1) is 31.3 Å². The minimum atomic E-state index is -0.712. The summed E-state index contributed by atoms with van der Waals surface area (Å²) >= 11 is 5.94. The molecular weight excluding hydrogens is 378 g/mol. The van der Waals surface area contributed by atoms with E-state index in [1.54, 1.807) is 6.92 Å². The monoisotopic (exact) mass is 399 g/mol. The Kier molecular flexibility index (Phi) is 6.68. The van der Waals surface area contributed by atoms with Crippen LogP contribution in [-0.2, 0) is 0 Å². The summed E-state index contributed by atoms with van der Waals surface area (Å²) in [6.45, 7) is 1.99. The van der Waals surface area contributed by atoms with Gasteiger partial charge in [0.25, 0.3) is 5.91 Å². The van der Waals surface area contributed by atoms with Crippen LogP contribution in [0.4, 0.5) is 0 Å². The lowest BCUT2D eigenvalue weighted by Gasteiger charge is -2.21. The van der Waals surface area contributed by atoms with Gasteiger partial charge in [0.15, 0.2) is 0 Å². The first-order valence-corrected chi connectivity index (χ1v) is 9.37. The molecule has 0 saturated carbocycles. The molecule has 3 N–H and O–H groups in total. The molecule has 146 valence electrons. The van der Waals surface area contributed by atoms with Gasteiger partial charge < -0.3 is 20.1 Å². The molecule has 2 aromatic carbocycles. The average molecular weight is 400 g/mol. The van der Waals surface area contributed by atoms with E-state index in [-0.39, 0.29) is 5.91 Å². The highest BCUT2D eigenvalue weighted by Gasteiger charge is 2.19. The highest BCUT2D eigenvalue weighted by Crippen LogP contribution is 2.25. The zero-order valence-corrected chi connectivity index (χ0v) is 16.2. The Morgan fingerprint density at radius 3 is 2.71 bits per heavy atom. The number of benzene rings is 2. The molecule has 0 spiro atoms. The standard InChI is InChI=1S/C21H22ClN3O3/c1-14(26)19(25-21(27)20-12-23-13-24-20)9-10-28-18-4-2-3-16(11-18)15-5-7-17(22)8-6-15/h2-8,11-14,19,26H,9-10H2,1H3,(H,23,24)(H,25,27)/t14-,19+/m0/s1. The largest absolute Gasteiger partial charge is 0.493 e. The number of ether oxygens (including phenoxy) is 1. The van der Waals surface area contributed by atoms with Crippen LogP contribution in [0, 0.1) is 0 Å². The molecule has 0 saturated heterocycles. The van der Waals surface area contributed by atoms with Crippen LogP contribution in [0.2, 0.25) is 5.02 Å². The Bertz CT molecular complexity index is 896. The van der Waals surface area contributed by atoms with E-state index in [1.165, 1.54) is 12.5 Å². The van der Waals surface area contributed by atoms with Crippen molar-refractivity contribution < 1.29 is 14.6 Å². The summed E-state index contributed by atoms with van der Waals surface area (Å²) in [4.78, 5) is 18.7. The minimum absolute atomic E-state index is 0.312. The lowest BCUT2D eigenvalue weighted by molar-refractivity contribution is 0.0827. The number of carbonyl (C=O) groups is 1. The molecule has 0 fully saturated rings. The van der Waals surface area contributed by atoms with Crippen molar-refractivity contribution in [3.8, 4) is 16.9 Å². The highest BCUT2D eigenvalue weighted by atomic mass is 35.5. The molecular formula is C21H22ClN3O3. The summed E-state index contributed by atoms with van der Waals surface area (Å²) < 4.78 is 5.84. The molecule has 2 atom stereocenters. The lowest BCUT2D eigenvalue weighted by atomic mass is 10.1. The van der Waals surface area contributed by atoms with E-state index in [0.29, 0.717) is 23.7 Å². The van der Waals surface area contributed by atoms with Crippen LogP contribution in [0.15, 0.2) is 61.1 Å². The van der Waals surface area contributed by atoms with Gasteiger partial charge in [0.1, 0.15) is 11.4 Å². The third-order valence-electron chi connectivity index (χ3n) is 4.35. The fraction of sp³-hybridized carbons (Fsp3) is 0.238. The van der Waals surface area contributed by atoms with Crippen molar-refractivity contribution in [2.24, 2.45) is 0 Å². The number of amides is 1. The molecule has 3 rings (SSSR count). The van der Waals surface area contributed by atoms with E-state index in [9.17, 15) is 9.90 Å². The number of aliphatic hydroxyl groups is 1. The normalized spacial score (nSPS) is 13.0. The third-order valence-corrected chi connectivity index (χ3v) is 4.60. The van der Waals surface area contributed by atoms with Gasteiger partial charge in [-0.15, -0.1) is 0 Å². The molecule has 0 aliphatic rings. The van der Waals surface area contributed by atoms with Gasteiger partial charge in [-0.2, -0.15) is 0 Å². The van der Waals surface area contributed by atoms with E-state index in [1.807, 2.05) is 48.5 Å². The molecule has 0 aliphatic carbocycles. The van der Waals surface area contributed by atoms with E-state index >= 15 is 0 Å². The van der Waals surface area contributed by atoms with Crippen molar-refractivity contribution in [1.82, 2.24) is 15.3 Å². The van der Waals surface area contributed by atoms with Crippen molar-refractivity contribution >= 4 is 17.5 Å². The number of nitrogens with one attached hydrogen (secondary N) is 2. The van der Waals surface area contributed by atoms with Gasteiger partial charge in [0.2, 0.25) is 0 Å². The Balaban J connectivity index is 1.57. The van der Waals surface area contributed by atoms with Crippen LogP contribution < -0.4 is 10.1 Å². The van der Waals surface area contributed by atoms with Crippen LogP contribution in [-0.4, -0.2) is 39.7 Å². The second kappa shape index (κ2) is 9.39. The average Bonchev–Trinajstić information content (AvgIpc) is 3.23. The summed E-state index contributed by atoms with van der Waals surface area (Å²) in [6.07, 6.45) is 2.62. The maximum atomic E-state index is 12.1. The zero-order chi connectivity index (χ0) is 19.9. The van der Waals surface area contributed by atoms with Crippen LogP contribution in [0.1, 0.15) is 23.8 Å². The molecule has 0 radical (unpaired) electrons. The molecule has 1 amide bonds. The van der Waals surface area contributed by atoms with Crippen molar-refractivity contribution in [1.29, 1.82) is 0 Å². The number of hydrogen-bond donors (Lipinski definition) is 3. The van der Waals surface area contributed by atoms with Crippen LogP contribution >= 0.6 is 11.6 Å². The Hall–Kier alpha value is -2.83. The first kappa shape index (κ1) is 19.9. The summed E-state index contributed by atoms with van der Waals surface area (Å²) in [5.41, 5.74) is 2.42. The molecule has 3 aromatic rings. The van der Waals surface area contributed by atoms with Crippen molar-refractivity contribution in [3.05, 3.63) is 71.8 Å². The smallest absolute Gasteiger partial charge is 0.269 e. The Morgan fingerprint density at radius 1 is 1.25 bits per heavy atom. The zero-order valence-electron chi connectivity index (χ0n) is 15.4. The predicted octanol–water partition coefficient (Wildman–Crippen LogP) is 3.68. The number of aromatic nitrogens is 2. The van der Waals surface area contributed by atoms with Crippen molar-refractivity contribution in [2.45, 2.75) is 25.5 Å². The number of hydrogen-bond acceptors (Lipinski definition) is 4. The topological polar surface area (TPSA) is 87.2 Å². The quantitative estimate of drug-likeness (QED) is 0.539. The minimum Gasteiger partial charge on any atom is -0.493 e. The van der Waals surface area contributed by atoms with E-state index in [0.717, 1.165) is 16.9 Å². The van der Waals surface area contributed by atoms with Crippen LogP contribution in [0.5, 0.6) is 5.75 Å². The molecule has 0 bridgehead atoms. The van der Waals surface area contributed by atoms with Gasteiger partial charge in [-0.1, -0.05) is 35.9 Å². The number of halogens is 1. The maximum Gasteiger partial charge on any atom is 0.269 e. The lowest BCUT2D eigenvalue weighted by Crippen LogP contribution is -2.43. The number of H-pyrrole nitrogens is 1. The van der Waals surface area contributed by atoms with Crippen molar-refractivity contribution in [3.63, 3.8) is 0 Å². The summed E-state index contributed by atoms with van der Waals surface area (Å²) in [5, 5.41) is 13.5. The van der Waals surface area contributed by atoms with Gasteiger partial charge in [-0.05, 0) is 42.3 Å². The van der Waals surface area contributed by atoms with E-state index in [2.05, 4.69) is 15.3 Å². The number of carbonyl (C=O) groups excluding carboxylic acids is 1. The summed E-state index contributed by atoms with van der Waals surface area (Å²) in [6, 6.07) is 14.9. The van der Waals surface area contributed by atoms with Gasteiger partial charge >= 0.3 is 0 Å². The first-order valence-electron chi connectivity index (χ1n) is 8.99. The Morgan fingerprint density at radius 2 is 2.04 bits per heavy atom. The highest BCUT2D eigenvalue weighted by molar-refractivity contribution is 6.30. The van der Waals surface area contributed by atoms with Crippen molar-refractivity contribution in [2.75, 3.05) is 6.61 Å². The number of imidazole rings is 1. The van der Waals surface area contributed by atoms with E-state index in [4.69, 9.17) is 16.3 Å². The molecule has 1 heterocycles. The fourth-order valence-electron chi connectivity index (χ4n) is 2.77. The maximum absolute atomic E-state index is 12.1. The predicted molar refractivity (Wildman–Crippen MR) is 109 cm³/mol. The number of aromatic amines is 1. The van der Waals surface area contributed by atoms with E-state index < -0.39 is 12.1 Å². The molecule has 6 nitrogen and oxygen atoms in total. The molecule has 28 heavy (non-hydrogen) atoms. The van der Waals surface area contributed by atoms with Gasteiger partial charge in [-0.3, -0.25) is 4.79 Å². The van der Waals surface area contributed by atoms with Gasteiger partial charge in [-0.25, -0.2) is 4.98 Å². The summed E-state index contributed by atoms with van der Waals surface area (Å²) in [7, 11) is 0. The fourth-order valence-corrected chi connectivity index (χ4v) is 2.90. The van der Waals surface area contributed by atoms with Crippen LogP contribution in [0.25, 0.3) is 11.1 Å². The summed E-state index contributed by atoms with van der Waals surface area (Å²) in [5.74, 6) is 0.407. The van der Waals surface area contributed by atoms with Gasteiger partial charge in [0, 0.05) is 11.4 Å².